The minimum atomic E-state index is -0.326. The van der Waals surface area contributed by atoms with Crippen molar-refractivity contribution in [1.82, 2.24) is 15.2 Å². The molecule has 92 valence electrons. The van der Waals surface area contributed by atoms with Crippen LogP contribution in [0.4, 0.5) is 0 Å². The molecule has 0 radical (unpaired) electrons. The van der Waals surface area contributed by atoms with Crippen LogP contribution in [0, 0.1) is 0 Å². The van der Waals surface area contributed by atoms with E-state index in [1.807, 2.05) is 0 Å². The van der Waals surface area contributed by atoms with Crippen molar-refractivity contribution in [2.75, 3.05) is 20.1 Å². The molecule has 1 aromatic heterocycles. The van der Waals surface area contributed by atoms with Gasteiger partial charge in [-0.05, 0) is 31.5 Å². The van der Waals surface area contributed by atoms with Crippen molar-refractivity contribution >= 4 is 5.91 Å². The second-order valence-corrected chi connectivity index (χ2v) is 4.33. The summed E-state index contributed by atoms with van der Waals surface area (Å²) in [5.74, 6) is -0.208. The summed E-state index contributed by atoms with van der Waals surface area (Å²) in [4.78, 5) is 27.9. The number of hydrogen-bond donors (Lipinski definition) is 2. The highest BCUT2D eigenvalue weighted by Crippen LogP contribution is 2.10. The second-order valence-electron chi connectivity index (χ2n) is 4.33. The molecule has 5 nitrogen and oxygen atoms in total. The molecule has 1 unspecified atom stereocenters. The maximum absolute atomic E-state index is 12.1. The molecule has 0 aliphatic carbocycles. The smallest absolute Gasteiger partial charge is 0.260 e. The van der Waals surface area contributed by atoms with E-state index in [0.717, 1.165) is 25.9 Å². The molecule has 2 heterocycles. The number of hydrogen-bond acceptors (Lipinski definition) is 3. The molecule has 1 aromatic rings. The van der Waals surface area contributed by atoms with Gasteiger partial charge in [0.15, 0.2) is 0 Å². The molecule has 2 N–H and O–H groups in total. The van der Waals surface area contributed by atoms with Crippen LogP contribution in [0.3, 0.4) is 0 Å². The molecule has 0 saturated carbocycles. The van der Waals surface area contributed by atoms with Crippen LogP contribution in [-0.4, -0.2) is 42.0 Å². The van der Waals surface area contributed by atoms with Crippen molar-refractivity contribution < 1.29 is 4.79 Å². The number of nitrogens with zero attached hydrogens (tertiary/aromatic N) is 1. The lowest BCUT2D eigenvalue weighted by Gasteiger charge is -2.31. The number of amides is 1. The first-order valence-electron chi connectivity index (χ1n) is 5.85. The lowest BCUT2D eigenvalue weighted by Crippen LogP contribution is -2.47. The highest BCUT2D eigenvalue weighted by Gasteiger charge is 2.24. The molecule has 0 spiro atoms. The number of carbonyl (C=O) groups is 1. The Morgan fingerprint density at radius 2 is 2.35 bits per heavy atom. The van der Waals surface area contributed by atoms with E-state index in [1.54, 1.807) is 24.1 Å². The fourth-order valence-electron chi connectivity index (χ4n) is 2.11. The van der Waals surface area contributed by atoms with E-state index in [2.05, 4.69) is 10.3 Å². The lowest BCUT2D eigenvalue weighted by atomic mass is 10.1. The van der Waals surface area contributed by atoms with E-state index in [4.69, 9.17) is 0 Å². The Hall–Kier alpha value is -1.62. The molecule has 1 fully saturated rings. The highest BCUT2D eigenvalue weighted by molar-refractivity contribution is 5.93. The topological polar surface area (TPSA) is 65.2 Å². The zero-order chi connectivity index (χ0) is 12.3. The molecule has 1 aliphatic rings. The Bertz CT molecular complexity index is 449. The Labute approximate surface area is 99.8 Å². The van der Waals surface area contributed by atoms with Gasteiger partial charge in [0.05, 0.1) is 0 Å². The number of aromatic nitrogens is 1. The first-order chi connectivity index (χ1) is 8.20. The first-order valence-corrected chi connectivity index (χ1v) is 5.85. The predicted octanol–water partition coefficient (Wildman–Crippen LogP) is 0.199. The fraction of sp³-hybridized carbons (Fsp3) is 0.500. The van der Waals surface area contributed by atoms with Crippen molar-refractivity contribution in [3.8, 4) is 0 Å². The second kappa shape index (κ2) is 5.14. The van der Waals surface area contributed by atoms with Crippen molar-refractivity contribution in [2.24, 2.45) is 0 Å². The molecule has 0 aromatic carbocycles. The van der Waals surface area contributed by atoms with E-state index in [0.29, 0.717) is 0 Å². The largest absolute Gasteiger partial charge is 0.337 e. The van der Waals surface area contributed by atoms with Gasteiger partial charge in [-0.25, -0.2) is 0 Å². The van der Waals surface area contributed by atoms with E-state index < -0.39 is 0 Å². The van der Waals surface area contributed by atoms with Crippen molar-refractivity contribution in [2.45, 2.75) is 18.9 Å². The number of aromatic amines is 1. The van der Waals surface area contributed by atoms with E-state index in [9.17, 15) is 9.59 Å². The van der Waals surface area contributed by atoms with Gasteiger partial charge in [0.1, 0.15) is 5.56 Å². The molecular weight excluding hydrogens is 218 g/mol. The quantitative estimate of drug-likeness (QED) is 0.769. The Morgan fingerprint density at radius 1 is 1.53 bits per heavy atom. The van der Waals surface area contributed by atoms with Gasteiger partial charge in [0.25, 0.3) is 11.5 Å². The molecule has 0 bridgehead atoms. The van der Waals surface area contributed by atoms with Crippen molar-refractivity contribution in [1.29, 1.82) is 0 Å². The molecule has 1 amide bonds. The van der Waals surface area contributed by atoms with Gasteiger partial charge in [-0.2, -0.15) is 0 Å². The SMILES string of the molecule is CN(C(=O)c1ccc[nH]c1=O)C1CCCNC1. The van der Waals surface area contributed by atoms with Crippen LogP contribution >= 0.6 is 0 Å². The van der Waals surface area contributed by atoms with Crippen LogP contribution in [-0.2, 0) is 0 Å². The maximum Gasteiger partial charge on any atom is 0.260 e. The van der Waals surface area contributed by atoms with Crippen molar-refractivity contribution in [3.63, 3.8) is 0 Å². The average Bonchev–Trinajstić information content (AvgIpc) is 2.39. The highest BCUT2D eigenvalue weighted by atomic mass is 16.2. The third-order valence-electron chi connectivity index (χ3n) is 3.19. The van der Waals surface area contributed by atoms with E-state index in [1.165, 1.54) is 6.20 Å². The van der Waals surface area contributed by atoms with Gasteiger partial charge < -0.3 is 15.2 Å². The zero-order valence-corrected chi connectivity index (χ0v) is 9.90. The summed E-state index contributed by atoms with van der Waals surface area (Å²) < 4.78 is 0. The zero-order valence-electron chi connectivity index (χ0n) is 9.90. The normalized spacial score (nSPS) is 19.9. The Kier molecular flexibility index (Phi) is 3.58. The minimum Gasteiger partial charge on any atom is -0.337 e. The van der Waals surface area contributed by atoms with Crippen LogP contribution in [0.25, 0.3) is 0 Å². The molecule has 2 rings (SSSR count). The number of rotatable bonds is 2. The van der Waals surface area contributed by atoms with E-state index in [-0.39, 0.29) is 23.1 Å². The van der Waals surface area contributed by atoms with Crippen LogP contribution in [0.15, 0.2) is 23.1 Å². The van der Waals surface area contributed by atoms with Gasteiger partial charge in [-0.3, -0.25) is 9.59 Å². The summed E-state index contributed by atoms with van der Waals surface area (Å²) in [5, 5.41) is 3.26. The van der Waals surface area contributed by atoms with E-state index >= 15 is 0 Å². The summed E-state index contributed by atoms with van der Waals surface area (Å²) >= 11 is 0. The van der Waals surface area contributed by atoms with Crippen LogP contribution in [0.2, 0.25) is 0 Å². The number of H-pyrrole nitrogens is 1. The Balaban J connectivity index is 2.14. The Morgan fingerprint density at radius 3 is 3.00 bits per heavy atom. The van der Waals surface area contributed by atoms with Gasteiger partial charge in [-0.15, -0.1) is 0 Å². The van der Waals surface area contributed by atoms with Crippen LogP contribution in [0.5, 0.6) is 0 Å². The standard InChI is InChI=1S/C12H17N3O2/c1-15(9-4-2-6-13-8-9)12(17)10-5-3-7-14-11(10)16/h3,5,7,9,13H,2,4,6,8H2,1H3,(H,14,16). The molecular formula is C12H17N3O2. The summed E-state index contributed by atoms with van der Waals surface area (Å²) in [6, 6.07) is 3.41. The number of likely N-dealkylation sites (N-methyl/N-ethyl adjacent to an activating group) is 1. The fourth-order valence-corrected chi connectivity index (χ4v) is 2.11. The number of pyridine rings is 1. The monoisotopic (exact) mass is 235 g/mol. The molecule has 1 atom stereocenters. The summed E-state index contributed by atoms with van der Waals surface area (Å²) in [5.41, 5.74) is -0.117. The summed E-state index contributed by atoms with van der Waals surface area (Å²) in [6.07, 6.45) is 3.58. The number of carbonyl (C=O) groups excluding carboxylic acids is 1. The third-order valence-corrected chi connectivity index (χ3v) is 3.19. The molecule has 1 aliphatic heterocycles. The summed E-state index contributed by atoms with van der Waals surface area (Å²) in [7, 11) is 1.76. The van der Waals surface area contributed by atoms with Gasteiger partial charge in [-0.1, -0.05) is 0 Å². The average molecular weight is 235 g/mol. The van der Waals surface area contributed by atoms with Gasteiger partial charge in [0, 0.05) is 25.8 Å². The first kappa shape index (κ1) is 11.9. The predicted molar refractivity (Wildman–Crippen MR) is 65.0 cm³/mol. The molecule has 5 heteroatoms. The van der Waals surface area contributed by atoms with Crippen molar-refractivity contribution in [3.05, 3.63) is 34.2 Å². The molecule has 17 heavy (non-hydrogen) atoms. The number of nitrogens with one attached hydrogen (secondary N) is 2. The van der Waals surface area contributed by atoms with Gasteiger partial charge in [0.2, 0.25) is 0 Å². The summed E-state index contributed by atoms with van der Waals surface area (Å²) in [6.45, 7) is 1.80. The van der Waals surface area contributed by atoms with Gasteiger partial charge >= 0.3 is 0 Å². The molecule has 1 saturated heterocycles. The van der Waals surface area contributed by atoms with Crippen LogP contribution < -0.4 is 10.9 Å². The third kappa shape index (κ3) is 2.55. The number of piperidine rings is 1. The minimum absolute atomic E-state index is 0.177. The maximum atomic E-state index is 12.1. The van der Waals surface area contributed by atoms with Crippen LogP contribution in [0.1, 0.15) is 23.2 Å². The lowest BCUT2D eigenvalue weighted by molar-refractivity contribution is 0.0706.